The van der Waals surface area contributed by atoms with Crippen molar-refractivity contribution in [2.45, 2.75) is 51.5 Å². The summed E-state index contributed by atoms with van der Waals surface area (Å²) in [6.07, 6.45) is 6.34. The molecule has 1 saturated heterocycles. The first-order chi connectivity index (χ1) is 14.7. The highest BCUT2D eigenvalue weighted by Gasteiger charge is 2.30. The number of carbonyl (C=O) groups is 1. The van der Waals surface area contributed by atoms with Crippen LogP contribution in [0.3, 0.4) is 0 Å². The Kier molecular flexibility index (Phi) is 5.47. The first-order valence-electron chi connectivity index (χ1n) is 11.2. The topological polar surface area (TPSA) is 45.2 Å². The molecule has 0 unspecified atom stereocenters. The fourth-order valence-corrected chi connectivity index (χ4v) is 5.93. The molecular formula is C25H29N3OS. The SMILES string of the molecule is CCc1ccc2nc(N3CCC[C@H](C(=O)N[C@@H]4CCCc5ccccc54)C3)sc2c1. The number of aryl methyl sites for hydroxylation is 2. The third kappa shape index (κ3) is 3.83. The van der Waals surface area contributed by atoms with Crippen molar-refractivity contribution in [2.24, 2.45) is 5.92 Å². The number of hydrogen-bond acceptors (Lipinski definition) is 4. The van der Waals surface area contributed by atoms with Gasteiger partial charge in [0.2, 0.25) is 5.91 Å². The minimum atomic E-state index is 0.0334. The molecule has 156 valence electrons. The maximum Gasteiger partial charge on any atom is 0.225 e. The second kappa shape index (κ2) is 8.38. The van der Waals surface area contributed by atoms with Crippen molar-refractivity contribution < 1.29 is 4.79 Å². The predicted molar refractivity (Wildman–Crippen MR) is 124 cm³/mol. The molecule has 2 heterocycles. The highest BCUT2D eigenvalue weighted by molar-refractivity contribution is 7.22. The van der Waals surface area contributed by atoms with Crippen LogP contribution < -0.4 is 10.2 Å². The van der Waals surface area contributed by atoms with E-state index < -0.39 is 0 Å². The van der Waals surface area contributed by atoms with Crippen molar-refractivity contribution in [1.82, 2.24) is 10.3 Å². The molecule has 0 spiro atoms. The molecule has 1 aliphatic carbocycles. The molecule has 2 aliphatic rings. The zero-order chi connectivity index (χ0) is 20.5. The van der Waals surface area contributed by atoms with Gasteiger partial charge in [-0.2, -0.15) is 0 Å². The molecule has 1 fully saturated rings. The molecule has 30 heavy (non-hydrogen) atoms. The number of nitrogens with one attached hydrogen (secondary N) is 1. The average molecular weight is 420 g/mol. The number of nitrogens with zero attached hydrogens (tertiary/aromatic N) is 2. The van der Waals surface area contributed by atoms with Crippen LogP contribution in [0.2, 0.25) is 0 Å². The number of hydrogen-bond donors (Lipinski definition) is 1. The van der Waals surface area contributed by atoms with Crippen LogP contribution in [0.1, 0.15) is 55.3 Å². The quantitative estimate of drug-likeness (QED) is 0.627. The van der Waals surface area contributed by atoms with Gasteiger partial charge >= 0.3 is 0 Å². The lowest BCUT2D eigenvalue weighted by Gasteiger charge is -2.33. The molecule has 1 aliphatic heterocycles. The number of fused-ring (bicyclic) bond motifs is 2. The van der Waals surface area contributed by atoms with Crippen LogP contribution >= 0.6 is 11.3 Å². The van der Waals surface area contributed by atoms with Crippen molar-refractivity contribution >= 4 is 32.6 Å². The molecule has 0 bridgehead atoms. The van der Waals surface area contributed by atoms with E-state index in [2.05, 4.69) is 59.6 Å². The standard InChI is InChI=1S/C25H29N3OS/c1-2-17-12-13-22-23(15-17)30-25(27-22)28-14-6-9-19(16-28)24(29)26-21-11-5-8-18-7-3-4-10-20(18)21/h3-4,7,10,12-13,15,19,21H,2,5-6,8-9,11,14,16H2,1H3,(H,26,29)/t19-,21+/m0/s1. The Hall–Kier alpha value is -2.40. The predicted octanol–water partition coefficient (Wildman–Crippen LogP) is 5.27. The smallest absolute Gasteiger partial charge is 0.225 e. The summed E-state index contributed by atoms with van der Waals surface area (Å²) in [5, 5.41) is 4.43. The summed E-state index contributed by atoms with van der Waals surface area (Å²) in [5.74, 6) is 0.238. The lowest BCUT2D eigenvalue weighted by Crippen LogP contribution is -2.44. The number of thiazole rings is 1. The van der Waals surface area contributed by atoms with Gasteiger partial charge < -0.3 is 10.2 Å². The Labute approximate surface area is 182 Å². The Morgan fingerprint density at radius 2 is 2.10 bits per heavy atom. The van der Waals surface area contributed by atoms with Gasteiger partial charge in [-0.05, 0) is 67.3 Å². The Morgan fingerprint density at radius 3 is 3.00 bits per heavy atom. The Balaban J connectivity index is 1.29. The second-order valence-corrected chi connectivity index (χ2v) is 9.60. The number of amides is 1. The first kappa shape index (κ1) is 19.6. The number of anilines is 1. The van der Waals surface area contributed by atoms with Gasteiger partial charge in [-0.3, -0.25) is 4.79 Å². The zero-order valence-corrected chi connectivity index (χ0v) is 18.4. The summed E-state index contributed by atoms with van der Waals surface area (Å²) in [7, 11) is 0. The zero-order valence-electron chi connectivity index (χ0n) is 17.6. The summed E-state index contributed by atoms with van der Waals surface area (Å²) in [4.78, 5) is 20.3. The highest BCUT2D eigenvalue weighted by atomic mass is 32.1. The van der Waals surface area contributed by atoms with Crippen molar-refractivity contribution in [3.8, 4) is 0 Å². The normalized spacial score (nSPS) is 21.4. The van der Waals surface area contributed by atoms with Crippen LogP contribution in [0.25, 0.3) is 10.2 Å². The lowest BCUT2D eigenvalue weighted by molar-refractivity contribution is -0.126. The molecule has 2 atom stereocenters. The third-order valence-corrected chi connectivity index (χ3v) is 7.68. The van der Waals surface area contributed by atoms with E-state index in [9.17, 15) is 4.79 Å². The third-order valence-electron chi connectivity index (χ3n) is 6.60. The van der Waals surface area contributed by atoms with E-state index >= 15 is 0 Å². The van der Waals surface area contributed by atoms with Crippen LogP contribution in [0, 0.1) is 5.92 Å². The lowest BCUT2D eigenvalue weighted by atomic mass is 9.87. The summed E-state index contributed by atoms with van der Waals surface area (Å²) in [6, 6.07) is 15.3. The average Bonchev–Trinajstić information content (AvgIpc) is 3.23. The van der Waals surface area contributed by atoms with Crippen LogP contribution in [0.4, 0.5) is 5.13 Å². The van der Waals surface area contributed by atoms with Crippen LogP contribution in [-0.4, -0.2) is 24.0 Å². The molecule has 5 heteroatoms. The van der Waals surface area contributed by atoms with Crippen molar-refractivity contribution in [3.63, 3.8) is 0 Å². The Morgan fingerprint density at radius 1 is 1.20 bits per heavy atom. The van der Waals surface area contributed by atoms with E-state index in [1.54, 1.807) is 11.3 Å². The van der Waals surface area contributed by atoms with Crippen LogP contribution in [0.15, 0.2) is 42.5 Å². The van der Waals surface area contributed by atoms with Gasteiger partial charge in [-0.15, -0.1) is 0 Å². The molecule has 0 radical (unpaired) electrons. The molecule has 3 aromatic rings. The van der Waals surface area contributed by atoms with E-state index in [-0.39, 0.29) is 17.9 Å². The second-order valence-electron chi connectivity index (χ2n) is 8.59. The summed E-state index contributed by atoms with van der Waals surface area (Å²) >= 11 is 1.76. The van der Waals surface area contributed by atoms with E-state index in [4.69, 9.17) is 4.98 Å². The largest absolute Gasteiger partial charge is 0.349 e. The van der Waals surface area contributed by atoms with Gasteiger partial charge in [0.15, 0.2) is 5.13 Å². The molecule has 1 amide bonds. The summed E-state index contributed by atoms with van der Waals surface area (Å²) in [6.45, 7) is 3.93. The van der Waals surface area contributed by atoms with E-state index in [0.29, 0.717) is 0 Å². The van der Waals surface area contributed by atoms with Crippen molar-refractivity contribution in [3.05, 3.63) is 59.2 Å². The summed E-state index contributed by atoms with van der Waals surface area (Å²) < 4.78 is 1.25. The minimum absolute atomic E-state index is 0.0334. The fraction of sp³-hybridized carbons (Fsp3) is 0.440. The Bertz CT molecular complexity index is 1060. The maximum atomic E-state index is 13.2. The van der Waals surface area contributed by atoms with Crippen LogP contribution in [-0.2, 0) is 17.6 Å². The van der Waals surface area contributed by atoms with Gasteiger partial charge in [0.1, 0.15) is 0 Å². The maximum absolute atomic E-state index is 13.2. The van der Waals surface area contributed by atoms with E-state index in [1.807, 2.05) is 0 Å². The van der Waals surface area contributed by atoms with Gasteiger partial charge in [0.25, 0.3) is 0 Å². The van der Waals surface area contributed by atoms with Gasteiger partial charge in [0.05, 0.1) is 22.2 Å². The number of benzene rings is 2. The molecular weight excluding hydrogens is 390 g/mol. The molecule has 5 rings (SSSR count). The van der Waals surface area contributed by atoms with Crippen molar-refractivity contribution in [2.75, 3.05) is 18.0 Å². The van der Waals surface area contributed by atoms with Gasteiger partial charge in [0, 0.05) is 13.1 Å². The van der Waals surface area contributed by atoms with Gasteiger partial charge in [-0.1, -0.05) is 48.6 Å². The summed E-state index contributed by atoms with van der Waals surface area (Å²) in [5.41, 5.74) is 5.11. The van der Waals surface area contributed by atoms with Crippen LogP contribution in [0.5, 0.6) is 0 Å². The van der Waals surface area contributed by atoms with E-state index in [0.717, 1.165) is 62.3 Å². The number of piperidine rings is 1. The number of aromatic nitrogens is 1. The molecule has 4 nitrogen and oxygen atoms in total. The number of carbonyl (C=O) groups excluding carboxylic acids is 1. The molecule has 1 aromatic heterocycles. The molecule has 0 saturated carbocycles. The first-order valence-corrected chi connectivity index (χ1v) is 12.1. The fourth-order valence-electron chi connectivity index (χ4n) is 4.87. The monoisotopic (exact) mass is 419 g/mol. The molecule has 1 N–H and O–H groups in total. The highest BCUT2D eigenvalue weighted by Crippen LogP contribution is 2.33. The number of rotatable bonds is 4. The van der Waals surface area contributed by atoms with Gasteiger partial charge in [-0.25, -0.2) is 4.98 Å². The van der Waals surface area contributed by atoms with Crippen molar-refractivity contribution in [1.29, 1.82) is 0 Å². The van der Waals surface area contributed by atoms with E-state index in [1.165, 1.54) is 21.4 Å². The minimum Gasteiger partial charge on any atom is -0.349 e. The molecule has 2 aromatic carbocycles.